The SMILES string of the molecule is C=CCC=Cc1c(NC(=O)c2ccccc2)sc2c1CCCC2. The number of aryl methyl sites for hydroxylation is 1. The second-order valence-electron chi connectivity index (χ2n) is 5.70. The van der Waals surface area contributed by atoms with Gasteiger partial charge in [0, 0.05) is 16.0 Å². The molecule has 1 amide bonds. The normalized spacial score (nSPS) is 13.7. The van der Waals surface area contributed by atoms with Gasteiger partial charge in [0.05, 0.1) is 0 Å². The maximum absolute atomic E-state index is 12.5. The van der Waals surface area contributed by atoms with E-state index in [-0.39, 0.29) is 5.91 Å². The van der Waals surface area contributed by atoms with Gasteiger partial charge in [0.2, 0.25) is 0 Å². The Morgan fingerprint density at radius 2 is 2.00 bits per heavy atom. The van der Waals surface area contributed by atoms with Crippen LogP contribution in [0.4, 0.5) is 5.00 Å². The van der Waals surface area contributed by atoms with Crippen LogP contribution in [0.3, 0.4) is 0 Å². The Hall–Kier alpha value is -2.13. The molecule has 1 aliphatic rings. The van der Waals surface area contributed by atoms with Crippen LogP contribution < -0.4 is 5.32 Å². The summed E-state index contributed by atoms with van der Waals surface area (Å²) in [5.41, 5.74) is 3.31. The quantitative estimate of drug-likeness (QED) is 0.726. The van der Waals surface area contributed by atoms with Crippen molar-refractivity contribution in [1.29, 1.82) is 0 Å². The molecule has 1 aliphatic carbocycles. The van der Waals surface area contributed by atoms with Gasteiger partial charge in [0.1, 0.15) is 5.00 Å². The highest BCUT2D eigenvalue weighted by Crippen LogP contribution is 2.39. The van der Waals surface area contributed by atoms with E-state index >= 15 is 0 Å². The van der Waals surface area contributed by atoms with E-state index < -0.39 is 0 Å². The molecule has 0 fully saturated rings. The Morgan fingerprint density at radius 1 is 1.22 bits per heavy atom. The molecule has 118 valence electrons. The third-order valence-electron chi connectivity index (χ3n) is 4.06. The van der Waals surface area contributed by atoms with Crippen molar-refractivity contribution >= 4 is 28.3 Å². The average molecular weight is 323 g/mol. The van der Waals surface area contributed by atoms with Crippen LogP contribution in [0.1, 0.15) is 45.6 Å². The number of hydrogen-bond donors (Lipinski definition) is 1. The van der Waals surface area contributed by atoms with Crippen molar-refractivity contribution in [2.24, 2.45) is 0 Å². The van der Waals surface area contributed by atoms with Crippen molar-refractivity contribution in [1.82, 2.24) is 0 Å². The molecule has 1 heterocycles. The van der Waals surface area contributed by atoms with Crippen LogP contribution in [0, 0.1) is 0 Å². The molecular weight excluding hydrogens is 302 g/mol. The van der Waals surface area contributed by atoms with Crippen molar-refractivity contribution in [2.45, 2.75) is 32.1 Å². The van der Waals surface area contributed by atoms with Crippen LogP contribution in [0.25, 0.3) is 6.08 Å². The van der Waals surface area contributed by atoms with Crippen LogP contribution in [0.5, 0.6) is 0 Å². The zero-order valence-corrected chi connectivity index (χ0v) is 14.0. The first-order chi connectivity index (χ1) is 11.3. The summed E-state index contributed by atoms with van der Waals surface area (Å²) < 4.78 is 0. The zero-order valence-electron chi connectivity index (χ0n) is 13.2. The number of carbonyl (C=O) groups is 1. The summed E-state index contributed by atoms with van der Waals surface area (Å²) in [6.07, 6.45) is 11.7. The van der Waals surface area contributed by atoms with E-state index in [1.807, 2.05) is 36.4 Å². The predicted molar refractivity (Wildman–Crippen MR) is 99.2 cm³/mol. The molecule has 0 atom stereocenters. The number of hydrogen-bond acceptors (Lipinski definition) is 2. The van der Waals surface area contributed by atoms with E-state index in [1.54, 1.807) is 11.3 Å². The maximum atomic E-state index is 12.5. The van der Waals surface area contributed by atoms with Crippen molar-refractivity contribution in [2.75, 3.05) is 5.32 Å². The third kappa shape index (κ3) is 3.62. The number of amides is 1. The second kappa shape index (κ2) is 7.42. The van der Waals surface area contributed by atoms with Crippen LogP contribution >= 0.6 is 11.3 Å². The fraction of sp³-hybridized carbons (Fsp3) is 0.250. The number of benzene rings is 1. The number of carbonyl (C=O) groups excluding carboxylic acids is 1. The summed E-state index contributed by atoms with van der Waals surface area (Å²) in [5, 5.41) is 4.09. The van der Waals surface area contributed by atoms with Gasteiger partial charge in [-0.15, -0.1) is 17.9 Å². The van der Waals surface area contributed by atoms with E-state index in [1.165, 1.54) is 28.8 Å². The third-order valence-corrected chi connectivity index (χ3v) is 5.29. The number of fused-ring (bicyclic) bond motifs is 1. The summed E-state index contributed by atoms with van der Waals surface area (Å²) in [6.45, 7) is 3.76. The summed E-state index contributed by atoms with van der Waals surface area (Å²) in [7, 11) is 0. The van der Waals surface area contributed by atoms with E-state index in [0.717, 1.165) is 24.3 Å². The van der Waals surface area contributed by atoms with Crippen molar-refractivity contribution in [3.05, 3.63) is 70.6 Å². The van der Waals surface area contributed by atoms with Crippen LogP contribution in [0.15, 0.2) is 49.1 Å². The Labute approximate surface area is 141 Å². The molecule has 2 nitrogen and oxygen atoms in total. The van der Waals surface area contributed by atoms with E-state index in [4.69, 9.17) is 0 Å². The molecule has 0 spiro atoms. The number of nitrogens with one attached hydrogen (secondary N) is 1. The highest BCUT2D eigenvalue weighted by atomic mass is 32.1. The molecule has 0 aliphatic heterocycles. The molecule has 1 aromatic heterocycles. The first-order valence-corrected chi connectivity index (χ1v) is 8.89. The van der Waals surface area contributed by atoms with Gasteiger partial charge in [-0.25, -0.2) is 0 Å². The molecule has 2 aromatic rings. The lowest BCUT2D eigenvalue weighted by molar-refractivity contribution is 0.102. The van der Waals surface area contributed by atoms with Gasteiger partial charge in [0.25, 0.3) is 5.91 Å². The lowest BCUT2D eigenvalue weighted by Crippen LogP contribution is -2.11. The molecule has 0 radical (unpaired) electrons. The zero-order chi connectivity index (χ0) is 16.1. The van der Waals surface area contributed by atoms with E-state index in [9.17, 15) is 4.79 Å². The van der Waals surface area contributed by atoms with E-state index in [2.05, 4.69) is 24.0 Å². The van der Waals surface area contributed by atoms with E-state index in [0.29, 0.717) is 5.56 Å². The minimum absolute atomic E-state index is 0.0393. The first-order valence-electron chi connectivity index (χ1n) is 8.08. The largest absolute Gasteiger partial charge is 0.313 e. The smallest absolute Gasteiger partial charge is 0.256 e. The minimum atomic E-state index is -0.0393. The monoisotopic (exact) mass is 323 g/mol. The molecule has 0 bridgehead atoms. The number of rotatable bonds is 5. The second-order valence-corrected chi connectivity index (χ2v) is 6.81. The highest BCUT2D eigenvalue weighted by Gasteiger charge is 2.20. The minimum Gasteiger partial charge on any atom is -0.313 e. The lowest BCUT2D eigenvalue weighted by Gasteiger charge is -2.11. The lowest BCUT2D eigenvalue weighted by atomic mass is 9.95. The maximum Gasteiger partial charge on any atom is 0.256 e. The van der Waals surface area contributed by atoms with Crippen molar-refractivity contribution < 1.29 is 4.79 Å². The van der Waals surface area contributed by atoms with Gasteiger partial charge >= 0.3 is 0 Å². The average Bonchev–Trinajstić information content (AvgIpc) is 2.93. The van der Waals surface area contributed by atoms with Crippen LogP contribution in [-0.2, 0) is 12.8 Å². The summed E-state index contributed by atoms with van der Waals surface area (Å²) in [4.78, 5) is 13.9. The Kier molecular flexibility index (Phi) is 5.09. The molecule has 1 N–H and O–H groups in total. The number of anilines is 1. The molecular formula is C20H21NOS. The molecule has 3 heteroatoms. The Balaban J connectivity index is 1.90. The van der Waals surface area contributed by atoms with Gasteiger partial charge in [0.15, 0.2) is 0 Å². The van der Waals surface area contributed by atoms with Crippen LogP contribution in [0.2, 0.25) is 0 Å². The first kappa shape index (κ1) is 15.8. The van der Waals surface area contributed by atoms with Crippen molar-refractivity contribution in [3.63, 3.8) is 0 Å². The van der Waals surface area contributed by atoms with Gasteiger partial charge in [-0.05, 0) is 49.8 Å². The van der Waals surface area contributed by atoms with Crippen molar-refractivity contribution in [3.8, 4) is 0 Å². The van der Waals surface area contributed by atoms with Gasteiger partial charge < -0.3 is 5.32 Å². The Morgan fingerprint density at radius 3 is 2.78 bits per heavy atom. The molecule has 0 saturated heterocycles. The van der Waals surface area contributed by atoms with Gasteiger partial charge in [-0.1, -0.05) is 36.4 Å². The standard InChI is InChI=1S/C20H21NOS/c1-2-3-5-13-17-16-12-8-9-14-18(16)23-20(17)21-19(22)15-10-6-4-7-11-15/h2,4-7,10-11,13H,1,3,8-9,12,14H2,(H,21,22). The van der Waals surface area contributed by atoms with Crippen LogP contribution in [-0.4, -0.2) is 5.91 Å². The summed E-state index contributed by atoms with van der Waals surface area (Å²) >= 11 is 1.73. The van der Waals surface area contributed by atoms with Gasteiger partial charge in [-0.2, -0.15) is 0 Å². The summed E-state index contributed by atoms with van der Waals surface area (Å²) in [6, 6.07) is 9.38. The molecule has 1 aromatic carbocycles. The fourth-order valence-electron chi connectivity index (χ4n) is 2.91. The van der Waals surface area contributed by atoms with Gasteiger partial charge in [-0.3, -0.25) is 4.79 Å². The molecule has 23 heavy (non-hydrogen) atoms. The molecule has 0 saturated carbocycles. The number of allylic oxidation sites excluding steroid dienone is 2. The Bertz CT molecular complexity index is 728. The topological polar surface area (TPSA) is 29.1 Å². The molecule has 3 rings (SSSR count). The molecule has 0 unspecified atom stereocenters. The predicted octanol–water partition coefficient (Wildman–Crippen LogP) is 5.47. The number of thiophene rings is 1. The summed E-state index contributed by atoms with van der Waals surface area (Å²) in [5.74, 6) is -0.0393. The fourth-order valence-corrected chi connectivity index (χ4v) is 4.18. The highest BCUT2D eigenvalue weighted by molar-refractivity contribution is 7.16.